The van der Waals surface area contributed by atoms with Crippen LogP contribution in [0.4, 0.5) is 11.4 Å². The predicted octanol–water partition coefficient (Wildman–Crippen LogP) is 0.854. The van der Waals surface area contributed by atoms with Gasteiger partial charge in [0.25, 0.3) is 0 Å². The average Bonchev–Trinajstić information content (AvgIpc) is 2.61. The summed E-state index contributed by atoms with van der Waals surface area (Å²) in [6.45, 7) is 0. The molecule has 1 aromatic carbocycles. The predicted molar refractivity (Wildman–Crippen MR) is 66.8 cm³/mol. The van der Waals surface area contributed by atoms with Crippen molar-refractivity contribution in [1.29, 1.82) is 0 Å². The highest BCUT2D eigenvalue weighted by Crippen LogP contribution is 2.24. The smallest absolute Gasteiger partial charge is 0.211 e. The van der Waals surface area contributed by atoms with Crippen LogP contribution in [0.25, 0.3) is 0 Å². The second kappa shape index (κ2) is 4.75. The molecular formula is C11H14N2O3S. The first-order valence-electron chi connectivity index (χ1n) is 5.37. The molecule has 17 heavy (non-hydrogen) atoms. The molecule has 0 saturated carbocycles. The highest BCUT2D eigenvalue weighted by molar-refractivity contribution is 7.91. The van der Waals surface area contributed by atoms with Crippen molar-refractivity contribution in [3.8, 4) is 0 Å². The van der Waals surface area contributed by atoms with Gasteiger partial charge in [-0.25, -0.2) is 8.42 Å². The van der Waals surface area contributed by atoms with Gasteiger partial charge in [-0.3, -0.25) is 4.79 Å². The van der Waals surface area contributed by atoms with Crippen LogP contribution in [0.15, 0.2) is 24.3 Å². The van der Waals surface area contributed by atoms with Crippen molar-refractivity contribution >= 4 is 27.6 Å². The first kappa shape index (κ1) is 11.9. The first-order chi connectivity index (χ1) is 8.11. The van der Waals surface area contributed by atoms with E-state index in [0.29, 0.717) is 18.5 Å². The summed E-state index contributed by atoms with van der Waals surface area (Å²) in [6, 6.07) is 7.15. The van der Waals surface area contributed by atoms with E-state index < -0.39 is 9.84 Å². The van der Waals surface area contributed by atoms with E-state index >= 15 is 0 Å². The molecule has 2 rings (SSSR count). The highest BCUT2D eigenvalue weighted by Gasteiger charge is 2.27. The zero-order chi connectivity index (χ0) is 12.3. The molecule has 1 saturated heterocycles. The highest BCUT2D eigenvalue weighted by atomic mass is 32.2. The Balaban J connectivity index is 2.11. The largest absolute Gasteiger partial charge is 0.380 e. The topological polar surface area (TPSA) is 75.3 Å². The van der Waals surface area contributed by atoms with Gasteiger partial charge < -0.3 is 10.6 Å². The van der Waals surface area contributed by atoms with Crippen LogP contribution in [0.3, 0.4) is 0 Å². The molecular weight excluding hydrogens is 240 g/mol. The molecule has 5 nitrogen and oxygen atoms in total. The molecule has 1 fully saturated rings. The number of rotatable bonds is 4. The lowest BCUT2D eigenvalue weighted by Crippen LogP contribution is -2.21. The molecule has 2 N–H and O–H groups in total. The van der Waals surface area contributed by atoms with Crippen molar-refractivity contribution in [2.75, 3.05) is 22.1 Å². The summed E-state index contributed by atoms with van der Waals surface area (Å²) in [5.74, 6) is 0.385. The summed E-state index contributed by atoms with van der Waals surface area (Å²) in [5.41, 5.74) is 1.41. The Morgan fingerprint density at radius 3 is 2.53 bits per heavy atom. The molecule has 1 aliphatic heterocycles. The second-order valence-electron chi connectivity index (χ2n) is 4.05. The molecule has 1 aromatic rings. The van der Waals surface area contributed by atoms with E-state index in [-0.39, 0.29) is 17.5 Å². The second-order valence-corrected chi connectivity index (χ2v) is 6.28. The fourth-order valence-corrected chi connectivity index (χ4v) is 3.60. The number of nitrogens with one attached hydrogen (secondary N) is 2. The van der Waals surface area contributed by atoms with Crippen LogP contribution >= 0.6 is 0 Å². The fourth-order valence-electron chi connectivity index (χ4n) is 1.93. The summed E-state index contributed by atoms with van der Waals surface area (Å²) in [5, 5.41) is 5.73. The van der Waals surface area contributed by atoms with Crippen LogP contribution in [0.1, 0.15) is 6.42 Å². The maximum atomic E-state index is 11.3. The van der Waals surface area contributed by atoms with Crippen molar-refractivity contribution in [2.24, 2.45) is 0 Å². The number of hydrogen-bond acceptors (Lipinski definition) is 4. The minimum atomic E-state index is -2.89. The monoisotopic (exact) mass is 254 g/mol. The van der Waals surface area contributed by atoms with Crippen molar-refractivity contribution in [3.05, 3.63) is 24.3 Å². The van der Waals surface area contributed by atoms with E-state index in [9.17, 15) is 13.2 Å². The summed E-state index contributed by atoms with van der Waals surface area (Å²) >= 11 is 0. The van der Waals surface area contributed by atoms with E-state index in [2.05, 4.69) is 10.6 Å². The molecule has 0 aliphatic carbocycles. The molecule has 0 spiro atoms. The molecule has 0 unspecified atom stereocenters. The van der Waals surface area contributed by atoms with Crippen molar-refractivity contribution < 1.29 is 13.2 Å². The van der Waals surface area contributed by atoms with Gasteiger partial charge in [0.15, 0.2) is 9.84 Å². The van der Waals surface area contributed by atoms with Gasteiger partial charge in [-0.05, 0) is 18.6 Å². The van der Waals surface area contributed by atoms with Crippen LogP contribution in [-0.2, 0) is 14.6 Å². The van der Waals surface area contributed by atoms with Crippen LogP contribution in [-0.4, -0.2) is 32.4 Å². The number of benzene rings is 1. The number of amides is 1. The Morgan fingerprint density at radius 2 is 1.94 bits per heavy atom. The summed E-state index contributed by atoms with van der Waals surface area (Å²) < 4.78 is 22.7. The zero-order valence-electron chi connectivity index (χ0n) is 9.22. The van der Waals surface area contributed by atoms with E-state index in [0.717, 1.165) is 5.69 Å². The summed E-state index contributed by atoms with van der Waals surface area (Å²) in [6.07, 6.45) is 1.21. The first-order valence-corrected chi connectivity index (χ1v) is 7.19. The van der Waals surface area contributed by atoms with Gasteiger partial charge in [-0.2, -0.15) is 0 Å². The number of sulfone groups is 1. The molecule has 6 heteroatoms. The Morgan fingerprint density at radius 1 is 1.24 bits per heavy atom. The third-order valence-corrected chi connectivity index (χ3v) is 4.50. The van der Waals surface area contributed by atoms with Crippen LogP contribution in [0.5, 0.6) is 0 Å². The van der Waals surface area contributed by atoms with Gasteiger partial charge in [0.05, 0.1) is 22.9 Å². The molecule has 92 valence electrons. The van der Waals surface area contributed by atoms with E-state index in [1.807, 2.05) is 18.2 Å². The minimum absolute atomic E-state index is 0.0744. The molecule has 1 aliphatic rings. The van der Waals surface area contributed by atoms with E-state index in [1.165, 1.54) is 0 Å². The van der Waals surface area contributed by atoms with Gasteiger partial charge in [-0.1, -0.05) is 12.1 Å². The lowest BCUT2D eigenvalue weighted by atomic mass is 10.2. The van der Waals surface area contributed by atoms with Gasteiger partial charge >= 0.3 is 0 Å². The molecule has 0 aromatic heterocycles. The third kappa shape index (κ3) is 2.97. The Kier molecular flexibility index (Phi) is 3.33. The zero-order valence-corrected chi connectivity index (χ0v) is 10.0. The van der Waals surface area contributed by atoms with Crippen LogP contribution in [0.2, 0.25) is 0 Å². The lowest BCUT2D eigenvalue weighted by Gasteiger charge is -2.15. The quantitative estimate of drug-likeness (QED) is 0.781. The van der Waals surface area contributed by atoms with Crippen molar-refractivity contribution in [1.82, 2.24) is 0 Å². The molecule has 1 amide bonds. The Hall–Kier alpha value is -1.56. The van der Waals surface area contributed by atoms with Crippen LogP contribution in [0, 0.1) is 0 Å². The van der Waals surface area contributed by atoms with Crippen LogP contribution < -0.4 is 10.6 Å². The van der Waals surface area contributed by atoms with Crippen molar-refractivity contribution in [3.63, 3.8) is 0 Å². The maximum absolute atomic E-state index is 11.3. The van der Waals surface area contributed by atoms with E-state index in [1.54, 1.807) is 6.07 Å². The van der Waals surface area contributed by atoms with Gasteiger partial charge in [0.1, 0.15) is 0 Å². The number of carbonyl (C=O) groups excluding carboxylic acids is 1. The normalized spacial score (nSPS) is 22.0. The molecule has 0 bridgehead atoms. The Bertz CT molecular complexity index is 513. The maximum Gasteiger partial charge on any atom is 0.211 e. The number of carbonyl (C=O) groups is 1. The van der Waals surface area contributed by atoms with Gasteiger partial charge in [0, 0.05) is 6.04 Å². The Labute approximate surface area is 100 Å². The fraction of sp³-hybridized carbons (Fsp3) is 0.364. The lowest BCUT2D eigenvalue weighted by molar-refractivity contribution is -0.105. The average molecular weight is 254 g/mol. The minimum Gasteiger partial charge on any atom is -0.380 e. The molecule has 0 radical (unpaired) electrons. The number of hydrogen-bond donors (Lipinski definition) is 2. The SMILES string of the molecule is O=CNc1ccccc1N[C@H]1CCS(=O)(=O)C1. The summed E-state index contributed by atoms with van der Waals surface area (Å²) in [4.78, 5) is 10.4. The van der Waals surface area contributed by atoms with Gasteiger partial charge in [0.2, 0.25) is 6.41 Å². The standard InChI is InChI=1S/C11H14N2O3S/c14-8-12-10-3-1-2-4-11(10)13-9-5-6-17(15,16)7-9/h1-4,8-9,13H,5-7H2,(H,12,14)/t9-/m0/s1. The summed E-state index contributed by atoms with van der Waals surface area (Å²) in [7, 11) is -2.89. The van der Waals surface area contributed by atoms with Gasteiger partial charge in [-0.15, -0.1) is 0 Å². The molecule has 1 atom stereocenters. The third-order valence-electron chi connectivity index (χ3n) is 2.73. The van der Waals surface area contributed by atoms with Crippen molar-refractivity contribution in [2.45, 2.75) is 12.5 Å². The van der Waals surface area contributed by atoms with E-state index in [4.69, 9.17) is 0 Å². The number of anilines is 2. The number of para-hydroxylation sites is 2. The molecule has 1 heterocycles.